The number of ether oxygens (including phenoxy) is 2. The number of hydrogen-bond donors (Lipinski definition) is 3. The summed E-state index contributed by atoms with van der Waals surface area (Å²) in [6, 6.07) is 42.0. The number of azide groups is 1. The van der Waals surface area contributed by atoms with Gasteiger partial charge in [-0.05, 0) is 64.2 Å². The van der Waals surface area contributed by atoms with E-state index < -0.39 is 33.1 Å². The molecule has 5 aromatic rings. The number of aliphatic hydroxyl groups is 1. The van der Waals surface area contributed by atoms with Gasteiger partial charge in [-0.15, -0.1) is 0 Å². The van der Waals surface area contributed by atoms with Gasteiger partial charge in [-0.25, -0.2) is 18.8 Å². The Balaban J connectivity index is 1.40. The highest BCUT2D eigenvalue weighted by Gasteiger charge is 2.54. The van der Waals surface area contributed by atoms with Crippen molar-refractivity contribution < 1.29 is 27.8 Å². The first kappa shape index (κ1) is 38.7. The van der Waals surface area contributed by atoms with Gasteiger partial charge in [-0.2, -0.15) is 0 Å². The van der Waals surface area contributed by atoms with Gasteiger partial charge in [0.15, 0.2) is 21.5 Å². The van der Waals surface area contributed by atoms with E-state index in [1.54, 1.807) is 66.7 Å². The van der Waals surface area contributed by atoms with Crippen LogP contribution >= 0.6 is 0 Å². The van der Waals surface area contributed by atoms with Gasteiger partial charge in [-0.3, -0.25) is 10.2 Å². The standard InChI is InChI=1S/C42H42N6O6S/c43-48-45-29-34-17-10-11-20-37(34)39-42(25-28-55(51,52)36-18-8-3-9-19-36,46-40(54-39)33-21-23-35(24-22-33)53-27-12-26-49)41(50)47-44-30-38(31-13-4-1-5-14-31)32-15-6-2-7-16-32/h1-11,13-24,38-39,44,49H,12,25-30H2,(H,47,50)/t39-,42-/m0/s1. The Hall–Kier alpha value is -5.98. The zero-order chi connectivity index (χ0) is 38.5. The van der Waals surface area contributed by atoms with E-state index in [4.69, 9.17) is 19.6 Å². The first-order valence-corrected chi connectivity index (χ1v) is 19.6. The van der Waals surface area contributed by atoms with Crippen LogP contribution in [-0.4, -0.2) is 56.4 Å². The number of amides is 1. The predicted molar refractivity (Wildman–Crippen MR) is 210 cm³/mol. The molecule has 0 fully saturated rings. The molecule has 0 saturated carbocycles. The lowest BCUT2D eigenvalue weighted by Gasteiger charge is -2.32. The topological polar surface area (TPSA) is 175 Å². The van der Waals surface area contributed by atoms with Crippen molar-refractivity contribution >= 4 is 21.6 Å². The number of carbonyl (C=O) groups is 1. The Bertz CT molecular complexity index is 2180. The minimum Gasteiger partial charge on any atom is -0.494 e. The molecule has 1 aliphatic heterocycles. The van der Waals surface area contributed by atoms with Gasteiger partial charge >= 0.3 is 0 Å². The van der Waals surface area contributed by atoms with Crippen LogP contribution in [0.15, 0.2) is 155 Å². The van der Waals surface area contributed by atoms with Gasteiger partial charge in [0.05, 0.1) is 23.8 Å². The van der Waals surface area contributed by atoms with Crippen LogP contribution in [0, 0.1) is 0 Å². The van der Waals surface area contributed by atoms with Crippen LogP contribution in [0.2, 0.25) is 0 Å². The van der Waals surface area contributed by atoms with E-state index in [1.165, 1.54) is 12.1 Å². The summed E-state index contributed by atoms with van der Waals surface area (Å²) < 4.78 is 39.9. The molecule has 1 aliphatic rings. The maximum atomic E-state index is 14.9. The molecule has 13 heteroatoms. The molecular formula is C42H42N6O6S. The Morgan fingerprint density at radius 1 is 0.891 bits per heavy atom. The Kier molecular flexibility index (Phi) is 12.9. The quantitative estimate of drug-likeness (QED) is 0.0289. The van der Waals surface area contributed by atoms with E-state index in [0.29, 0.717) is 42.0 Å². The van der Waals surface area contributed by atoms with Crippen LogP contribution in [0.3, 0.4) is 0 Å². The number of sulfone groups is 1. The van der Waals surface area contributed by atoms with E-state index in [1.807, 2.05) is 60.7 Å². The second kappa shape index (κ2) is 18.4. The van der Waals surface area contributed by atoms with E-state index in [2.05, 4.69) is 20.9 Å². The lowest BCUT2D eigenvalue weighted by atomic mass is 9.83. The van der Waals surface area contributed by atoms with Gasteiger partial charge in [0, 0.05) is 42.4 Å². The van der Waals surface area contributed by atoms with Crippen molar-refractivity contribution in [1.82, 2.24) is 10.9 Å². The van der Waals surface area contributed by atoms with Gasteiger partial charge in [-0.1, -0.05) is 108 Å². The number of aliphatic hydroxyl groups excluding tert-OH is 1. The fourth-order valence-electron chi connectivity index (χ4n) is 6.57. The number of rotatable bonds is 18. The molecule has 0 saturated heterocycles. The normalized spacial score (nSPS) is 16.5. The number of carbonyl (C=O) groups excluding carboxylic acids is 1. The number of hydrogen-bond acceptors (Lipinski definition) is 9. The molecule has 1 heterocycles. The summed E-state index contributed by atoms with van der Waals surface area (Å²) in [7, 11) is -3.88. The number of benzene rings is 5. The number of aliphatic imine (C=N–C) groups is 1. The maximum absolute atomic E-state index is 14.9. The van der Waals surface area contributed by atoms with Gasteiger partial charge in [0.25, 0.3) is 5.91 Å². The molecule has 55 heavy (non-hydrogen) atoms. The molecule has 0 radical (unpaired) electrons. The fourth-order valence-corrected chi connectivity index (χ4v) is 7.95. The highest BCUT2D eigenvalue weighted by molar-refractivity contribution is 7.91. The molecule has 0 bridgehead atoms. The largest absolute Gasteiger partial charge is 0.494 e. The third-order valence-electron chi connectivity index (χ3n) is 9.44. The van der Waals surface area contributed by atoms with Gasteiger partial charge in [0.1, 0.15) is 5.75 Å². The fraction of sp³-hybridized carbons (Fsp3) is 0.238. The highest BCUT2D eigenvalue weighted by atomic mass is 32.2. The number of nitrogens with zero attached hydrogens (tertiary/aromatic N) is 4. The maximum Gasteiger partial charge on any atom is 0.266 e. The van der Waals surface area contributed by atoms with Crippen LogP contribution in [-0.2, 0) is 25.9 Å². The smallest absolute Gasteiger partial charge is 0.266 e. The lowest BCUT2D eigenvalue weighted by molar-refractivity contribution is -0.130. The van der Waals surface area contributed by atoms with Crippen LogP contribution < -0.4 is 15.6 Å². The SMILES string of the molecule is [N-]=[N+]=NCc1ccccc1[C@@H]1OC(c2ccc(OCCCO)cc2)=N[C@]1(CCS(=O)(=O)c1ccccc1)C(=O)NNCC(c1ccccc1)c1ccccc1. The van der Waals surface area contributed by atoms with Gasteiger partial charge in [0.2, 0.25) is 5.90 Å². The molecule has 0 unspecified atom stereocenters. The minimum atomic E-state index is -3.88. The van der Waals surface area contributed by atoms with E-state index >= 15 is 0 Å². The molecule has 2 atom stereocenters. The van der Waals surface area contributed by atoms with Crippen molar-refractivity contribution in [1.29, 1.82) is 0 Å². The van der Waals surface area contributed by atoms with Crippen LogP contribution in [0.25, 0.3) is 10.4 Å². The van der Waals surface area contributed by atoms with Crippen molar-refractivity contribution in [3.05, 3.63) is 178 Å². The summed E-state index contributed by atoms with van der Waals surface area (Å²) in [5.41, 5.74) is 17.2. The zero-order valence-corrected chi connectivity index (χ0v) is 30.9. The van der Waals surface area contributed by atoms with Crippen molar-refractivity contribution in [3.63, 3.8) is 0 Å². The second-order valence-electron chi connectivity index (χ2n) is 13.0. The average molecular weight is 759 g/mol. The first-order valence-electron chi connectivity index (χ1n) is 17.9. The second-order valence-corrected chi connectivity index (χ2v) is 15.1. The number of nitrogens with one attached hydrogen (secondary N) is 2. The lowest BCUT2D eigenvalue weighted by Crippen LogP contribution is -2.54. The monoisotopic (exact) mass is 758 g/mol. The highest BCUT2D eigenvalue weighted by Crippen LogP contribution is 2.44. The van der Waals surface area contributed by atoms with Gasteiger partial charge < -0.3 is 14.6 Å². The molecule has 0 spiro atoms. The molecular weight excluding hydrogens is 717 g/mol. The molecule has 3 N–H and O–H groups in total. The third-order valence-corrected chi connectivity index (χ3v) is 11.2. The minimum absolute atomic E-state index is 0.00341. The van der Waals surface area contributed by atoms with Crippen molar-refractivity contribution in [3.8, 4) is 5.75 Å². The zero-order valence-electron chi connectivity index (χ0n) is 30.1. The summed E-state index contributed by atoms with van der Waals surface area (Å²) >= 11 is 0. The molecule has 0 aromatic heterocycles. The molecule has 12 nitrogen and oxygen atoms in total. The summed E-state index contributed by atoms with van der Waals surface area (Å²) in [4.78, 5) is 22.9. The van der Waals surface area contributed by atoms with E-state index in [9.17, 15) is 18.7 Å². The summed E-state index contributed by atoms with van der Waals surface area (Å²) in [6.45, 7) is 0.615. The van der Waals surface area contributed by atoms with Crippen LogP contribution in [0.1, 0.15) is 52.7 Å². The Labute approximate surface area is 320 Å². The molecule has 0 aliphatic carbocycles. The third kappa shape index (κ3) is 9.40. The van der Waals surface area contributed by atoms with E-state index in [-0.39, 0.29) is 36.3 Å². The molecule has 282 valence electrons. The summed E-state index contributed by atoms with van der Waals surface area (Å²) in [5, 5.41) is 12.9. The van der Waals surface area contributed by atoms with Crippen LogP contribution in [0.5, 0.6) is 5.75 Å². The first-order chi connectivity index (χ1) is 26.8. The Morgan fingerprint density at radius 3 is 2.15 bits per heavy atom. The van der Waals surface area contributed by atoms with Crippen molar-refractivity contribution in [2.75, 3.05) is 25.5 Å². The molecule has 1 amide bonds. The Morgan fingerprint density at radius 2 is 1.51 bits per heavy atom. The van der Waals surface area contributed by atoms with Crippen molar-refractivity contribution in [2.24, 2.45) is 10.1 Å². The van der Waals surface area contributed by atoms with Crippen LogP contribution in [0.4, 0.5) is 0 Å². The summed E-state index contributed by atoms with van der Waals surface area (Å²) in [5.74, 6) is -0.453. The molecule has 5 aromatic carbocycles. The average Bonchev–Trinajstić information content (AvgIpc) is 3.63. The number of hydrazine groups is 1. The summed E-state index contributed by atoms with van der Waals surface area (Å²) in [6.07, 6.45) is -0.881. The van der Waals surface area contributed by atoms with Crippen molar-refractivity contribution in [2.45, 2.75) is 41.8 Å². The molecule has 6 rings (SSSR count). The van der Waals surface area contributed by atoms with E-state index in [0.717, 1.165) is 11.1 Å². The predicted octanol–water partition coefficient (Wildman–Crippen LogP) is 6.83.